The van der Waals surface area contributed by atoms with Gasteiger partial charge in [-0.1, -0.05) is 0 Å². The fraction of sp³-hybridized carbons (Fsp3) is 0.417. The zero-order valence-corrected chi connectivity index (χ0v) is 11.7. The highest BCUT2D eigenvalue weighted by atomic mass is 79.9. The predicted octanol–water partition coefficient (Wildman–Crippen LogP) is 2.95. The Morgan fingerprint density at radius 1 is 1.50 bits per heavy atom. The average Bonchev–Trinajstić information content (AvgIpc) is 2.62. The minimum absolute atomic E-state index is 0.312. The molecule has 0 saturated heterocycles. The molecule has 0 radical (unpaired) electrons. The summed E-state index contributed by atoms with van der Waals surface area (Å²) in [4.78, 5) is 4.22. The first-order valence-corrected chi connectivity index (χ1v) is 6.61. The molecule has 0 amide bonds. The van der Waals surface area contributed by atoms with Gasteiger partial charge < -0.3 is 15.0 Å². The van der Waals surface area contributed by atoms with E-state index < -0.39 is 0 Å². The van der Waals surface area contributed by atoms with Crippen LogP contribution in [0, 0.1) is 5.82 Å². The van der Waals surface area contributed by atoms with Crippen LogP contribution in [0.15, 0.2) is 16.6 Å². The van der Waals surface area contributed by atoms with Crippen LogP contribution in [0.2, 0.25) is 0 Å². The van der Waals surface area contributed by atoms with E-state index in [9.17, 15) is 4.39 Å². The number of rotatable bonds is 5. The molecule has 0 aliphatic carbocycles. The lowest BCUT2D eigenvalue weighted by atomic mass is 10.3. The van der Waals surface area contributed by atoms with Crippen LogP contribution in [0.1, 0.15) is 13.3 Å². The maximum Gasteiger partial charge on any atom is 0.201 e. The third kappa shape index (κ3) is 2.64. The van der Waals surface area contributed by atoms with Crippen molar-refractivity contribution in [1.29, 1.82) is 0 Å². The molecule has 1 heterocycles. The fourth-order valence-corrected chi connectivity index (χ4v) is 2.17. The number of imidazole rings is 1. The van der Waals surface area contributed by atoms with Crippen LogP contribution in [0.3, 0.4) is 0 Å². The van der Waals surface area contributed by atoms with Gasteiger partial charge in [-0.3, -0.25) is 0 Å². The summed E-state index contributed by atoms with van der Waals surface area (Å²) in [6.45, 7) is 3.98. The number of aromatic nitrogens is 2. The maximum atomic E-state index is 13.5. The van der Waals surface area contributed by atoms with Crippen LogP contribution < -0.4 is 5.73 Å². The van der Waals surface area contributed by atoms with Gasteiger partial charge in [0.2, 0.25) is 5.95 Å². The molecule has 1 aromatic carbocycles. The summed E-state index contributed by atoms with van der Waals surface area (Å²) in [7, 11) is 0. The predicted molar refractivity (Wildman–Crippen MR) is 72.9 cm³/mol. The van der Waals surface area contributed by atoms with Gasteiger partial charge in [-0.25, -0.2) is 9.37 Å². The third-order valence-electron chi connectivity index (χ3n) is 2.69. The normalized spacial score (nSPS) is 11.3. The topological polar surface area (TPSA) is 53.1 Å². The Kier molecular flexibility index (Phi) is 4.19. The smallest absolute Gasteiger partial charge is 0.201 e. The highest BCUT2D eigenvalue weighted by Gasteiger charge is 2.11. The van der Waals surface area contributed by atoms with Crippen molar-refractivity contribution in [2.24, 2.45) is 0 Å². The first kappa shape index (κ1) is 13.3. The molecule has 18 heavy (non-hydrogen) atoms. The van der Waals surface area contributed by atoms with Gasteiger partial charge in [-0.2, -0.15) is 0 Å². The number of anilines is 1. The first-order valence-electron chi connectivity index (χ1n) is 5.82. The lowest BCUT2D eigenvalue weighted by molar-refractivity contribution is 0.142. The van der Waals surface area contributed by atoms with Crippen molar-refractivity contribution >= 4 is 32.9 Å². The number of hydrogen-bond donors (Lipinski definition) is 1. The Labute approximate surface area is 113 Å². The van der Waals surface area contributed by atoms with Crippen molar-refractivity contribution in [3.05, 3.63) is 22.4 Å². The zero-order valence-electron chi connectivity index (χ0n) is 10.1. The summed E-state index contributed by atoms with van der Waals surface area (Å²) in [5.41, 5.74) is 7.25. The average molecular weight is 316 g/mol. The van der Waals surface area contributed by atoms with E-state index in [0.717, 1.165) is 6.42 Å². The van der Waals surface area contributed by atoms with Gasteiger partial charge in [0, 0.05) is 25.8 Å². The minimum Gasteiger partial charge on any atom is -0.382 e. The quantitative estimate of drug-likeness (QED) is 0.863. The zero-order chi connectivity index (χ0) is 13.1. The Morgan fingerprint density at radius 3 is 3.00 bits per heavy atom. The molecule has 0 unspecified atom stereocenters. The number of nitrogen functional groups attached to an aromatic ring is 1. The van der Waals surface area contributed by atoms with Crippen molar-refractivity contribution in [3.8, 4) is 0 Å². The second-order valence-corrected chi connectivity index (χ2v) is 4.78. The Morgan fingerprint density at radius 2 is 2.28 bits per heavy atom. The summed E-state index contributed by atoms with van der Waals surface area (Å²) in [6, 6.07) is 3.09. The van der Waals surface area contributed by atoms with E-state index in [1.807, 2.05) is 11.5 Å². The Bertz CT molecular complexity index is 556. The molecule has 4 nitrogen and oxygen atoms in total. The Balaban J connectivity index is 2.26. The van der Waals surface area contributed by atoms with Crippen LogP contribution in [-0.2, 0) is 11.3 Å². The maximum absolute atomic E-state index is 13.5. The minimum atomic E-state index is -0.312. The van der Waals surface area contributed by atoms with E-state index in [2.05, 4.69) is 20.9 Å². The van der Waals surface area contributed by atoms with E-state index in [1.54, 1.807) is 6.07 Å². The van der Waals surface area contributed by atoms with Crippen molar-refractivity contribution in [2.45, 2.75) is 19.9 Å². The second-order valence-electron chi connectivity index (χ2n) is 3.93. The van der Waals surface area contributed by atoms with Gasteiger partial charge in [0.1, 0.15) is 5.82 Å². The molecular weight excluding hydrogens is 301 g/mol. The van der Waals surface area contributed by atoms with Crippen LogP contribution >= 0.6 is 15.9 Å². The number of ether oxygens (including phenoxy) is 1. The van der Waals surface area contributed by atoms with Crippen LogP contribution in [0.4, 0.5) is 10.3 Å². The number of halogens is 2. The highest BCUT2D eigenvalue weighted by Crippen LogP contribution is 2.25. The van der Waals surface area contributed by atoms with Crippen molar-refractivity contribution in [3.63, 3.8) is 0 Å². The second kappa shape index (κ2) is 5.67. The van der Waals surface area contributed by atoms with E-state index in [1.165, 1.54) is 6.07 Å². The van der Waals surface area contributed by atoms with Gasteiger partial charge >= 0.3 is 0 Å². The van der Waals surface area contributed by atoms with Crippen LogP contribution in [-0.4, -0.2) is 22.8 Å². The third-order valence-corrected chi connectivity index (χ3v) is 3.30. The van der Waals surface area contributed by atoms with Gasteiger partial charge in [0.25, 0.3) is 0 Å². The summed E-state index contributed by atoms with van der Waals surface area (Å²) in [6.07, 6.45) is 0.821. The Hall–Kier alpha value is -1.14. The fourth-order valence-electron chi connectivity index (χ4n) is 1.84. The molecule has 6 heteroatoms. The summed E-state index contributed by atoms with van der Waals surface area (Å²) in [5, 5.41) is 0. The molecule has 0 aliphatic rings. The molecule has 2 aromatic rings. The number of aryl methyl sites for hydroxylation is 1. The number of nitrogens with two attached hydrogens (primary N) is 1. The summed E-state index contributed by atoms with van der Waals surface area (Å²) < 4.78 is 21.0. The largest absolute Gasteiger partial charge is 0.382 e. The van der Waals surface area contributed by atoms with Gasteiger partial charge in [0.15, 0.2) is 0 Å². The highest BCUT2D eigenvalue weighted by molar-refractivity contribution is 9.10. The molecule has 2 rings (SSSR count). The van der Waals surface area contributed by atoms with Gasteiger partial charge in [0.05, 0.1) is 15.5 Å². The molecule has 0 spiro atoms. The molecular formula is C12H15BrFN3O. The van der Waals surface area contributed by atoms with E-state index in [0.29, 0.717) is 41.2 Å². The molecule has 0 fully saturated rings. The molecule has 1 aromatic heterocycles. The lowest BCUT2D eigenvalue weighted by Gasteiger charge is -2.06. The number of hydrogen-bond acceptors (Lipinski definition) is 3. The molecule has 0 atom stereocenters. The van der Waals surface area contributed by atoms with E-state index >= 15 is 0 Å². The number of nitrogens with zero attached hydrogens (tertiary/aromatic N) is 2. The summed E-state index contributed by atoms with van der Waals surface area (Å²) in [5.74, 6) is 0.0902. The first-order chi connectivity index (χ1) is 8.63. The van der Waals surface area contributed by atoms with E-state index in [-0.39, 0.29) is 5.82 Å². The standard InChI is InChI=1S/C12H15BrFN3O/c1-2-18-5-3-4-17-11-7-9(14)8(13)6-10(11)16-12(17)15/h6-7H,2-5H2,1H3,(H2,15,16). The molecule has 2 N–H and O–H groups in total. The van der Waals surface area contributed by atoms with Crippen molar-refractivity contribution in [2.75, 3.05) is 18.9 Å². The van der Waals surface area contributed by atoms with Crippen molar-refractivity contribution in [1.82, 2.24) is 9.55 Å². The molecule has 0 aliphatic heterocycles. The molecule has 0 saturated carbocycles. The van der Waals surface area contributed by atoms with E-state index in [4.69, 9.17) is 10.5 Å². The van der Waals surface area contributed by atoms with Crippen LogP contribution in [0.25, 0.3) is 11.0 Å². The van der Waals surface area contributed by atoms with Gasteiger partial charge in [-0.05, 0) is 35.3 Å². The van der Waals surface area contributed by atoms with Crippen LogP contribution in [0.5, 0.6) is 0 Å². The summed E-state index contributed by atoms with van der Waals surface area (Å²) >= 11 is 3.14. The van der Waals surface area contributed by atoms with Crippen molar-refractivity contribution < 1.29 is 9.13 Å². The number of fused-ring (bicyclic) bond motifs is 1. The monoisotopic (exact) mass is 315 g/mol. The lowest BCUT2D eigenvalue weighted by Crippen LogP contribution is -2.06. The SMILES string of the molecule is CCOCCCn1c(N)nc2cc(Br)c(F)cc21. The molecule has 98 valence electrons. The van der Waals surface area contributed by atoms with Gasteiger partial charge in [-0.15, -0.1) is 0 Å². The molecule has 0 bridgehead atoms. The number of benzene rings is 1.